The van der Waals surface area contributed by atoms with Crippen molar-refractivity contribution in [1.82, 2.24) is 5.43 Å². The van der Waals surface area contributed by atoms with Crippen LogP contribution in [-0.2, 0) is 4.79 Å². The summed E-state index contributed by atoms with van der Waals surface area (Å²) in [7, 11) is 0. The van der Waals surface area contributed by atoms with Crippen LogP contribution < -0.4 is 5.43 Å². The van der Waals surface area contributed by atoms with E-state index in [1.807, 2.05) is 0 Å². The zero-order chi connectivity index (χ0) is 20.3. The van der Waals surface area contributed by atoms with Crippen LogP contribution in [0.5, 0.6) is 5.75 Å². The van der Waals surface area contributed by atoms with E-state index in [0.29, 0.717) is 5.92 Å². The van der Waals surface area contributed by atoms with Gasteiger partial charge in [-0.3, -0.25) is 14.9 Å². The van der Waals surface area contributed by atoms with Crippen LogP contribution in [0, 0.1) is 32.3 Å². The highest BCUT2D eigenvalue weighted by molar-refractivity contribution is 9.10. The molecule has 0 spiro atoms. The van der Waals surface area contributed by atoms with Crippen LogP contribution in [0.2, 0.25) is 0 Å². The summed E-state index contributed by atoms with van der Waals surface area (Å²) < 4.78 is 0.205. The fourth-order valence-corrected chi connectivity index (χ4v) is 7.25. The molecule has 4 aliphatic rings. The van der Waals surface area contributed by atoms with Gasteiger partial charge in [0.05, 0.1) is 21.0 Å². The van der Waals surface area contributed by atoms with Crippen molar-refractivity contribution in [3.8, 4) is 5.75 Å². The van der Waals surface area contributed by atoms with Crippen molar-refractivity contribution in [3.05, 3.63) is 32.3 Å². The van der Waals surface area contributed by atoms with E-state index in [9.17, 15) is 20.0 Å². The minimum Gasteiger partial charge on any atom is -0.506 e. The predicted octanol–water partition coefficient (Wildman–Crippen LogP) is 4.51. The van der Waals surface area contributed by atoms with Gasteiger partial charge in [-0.2, -0.15) is 5.10 Å². The Morgan fingerprint density at radius 3 is 2.50 bits per heavy atom. The Labute approximate surface area is 171 Å². The summed E-state index contributed by atoms with van der Waals surface area (Å²) in [6.45, 7) is 4.61. The lowest BCUT2D eigenvalue weighted by atomic mass is 9.40. The van der Waals surface area contributed by atoms with E-state index < -0.39 is 4.92 Å². The molecule has 0 saturated heterocycles. The number of nitrogens with one attached hydrogen (secondary N) is 1. The Bertz CT molecular complexity index is 882. The summed E-state index contributed by atoms with van der Waals surface area (Å²) >= 11 is 3.10. The van der Waals surface area contributed by atoms with Crippen LogP contribution in [0.3, 0.4) is 0 Å². The number of carbonyl (C=O) groups is 1. The van der Waals surface area contributed by atoms with Gasteiger partial charge in [-0.05, 0) is 71.2 Å². The fraction of sp³-hybridized carbons (Fsp3) is 0.600. The van der Waals surface area contributed by atoms with Gasteiger partial charge >= 0.3 is 0 Å². The van der Waals surface area contributed by atoms with E-state index >= 15 is 0 Å². The van der Waals surface area contributed by atoms with Gasteiger partial charge in [0.2, 0.25) is 5.91 Å². The highest BCUT2D eigenvalue weighted by atomic mass is 79.9. The maximum atomic E-state index is 13.1. The van der Waals surface area contributed by atoms with Crippen LogP contribution in [0.4, 0.5) is 5.69 Å². The van der Waals surface area contributed by atoms with Gasteiger partial charge in [0.15, 0.2) is 0 Å². The van der Waals surface area contributed by atoms with Crippen LogP contribution in [0.1, 0.15) is 57.9 Å². The largest absolute Gasteiger partial charge is 0.506 e. The Kier molecular flexibility index (Phi) is 4.34. The molecule has 0 aromatic heterocycles. The van der Waals surface area contributed by atoms with Crippen molar-refractivity contribution in [1.29, 1.82) is 0 Å². The van der Waals surface area contributed by atoms with Crippen molar-refractivity contribution in [3.63, 3.8) is 0 Å². The van der Waals surface area contributed by atoms with Gasteiger partial charge < -0.3 is 5.11 Å². The topological polar surface area (TPSA) is 105 Å². The molecule has 1 aromatic carbocycles. The van der Waals surface area contributed by atoms with Crippen molar-refractivity contribution >= 4 is 33.7 Å². The summed E-state index contributed by atoms with van der Waals surface area (Å²) in [6.07, 6.45) is 7.54. The van der Waals surface area contributed by atoms with Crippen molar-refractivity contribution in [2.75, 3.05) is 0 Å². The molecule has 150 valence electrons. The number of nitro benzene ring substituents is 1. The van der Waals surface area contributed by atoms with Gasteiger partial charge in [-0.25, -0.2) is 5.43 Å². The first-order valence-electron chi connectivity index (χ1n) is 9.54. The van der Waals surface area contributed by atoms with Crippen LogP contribution in [0.15, 0.2) is 21.7 Å². The number of phenolic OH excluding ortho intramolecular Hbond substituents is 1. The van der Waals surface area contributed by atoms with E-state index in [2.05, 4.69) is 40.3 Å². The molecule has 2 atom stereocenters. The highest BCUT2D eigenvalue weighted by Crippen LogP contribution is 2.69. The summed E-state index contributed by atoms with van der Waals surface area (Å²) in [4.78, 5) is 23.6. The Hall–Kier alpha value is -1.96. The number of hydrogen-bond donors (Lipinski definition) is 2. The molecule has 4 saturated carbocycles. The molecule has 0 aliphatic heterocycles. The summed E-state index contributed by atoms with van der Waals surface area (Å²) in [5.74, 6) is 0.366. The first kappa shape index (κ1) is 19.4. The zero-order valence-corrected chi connectivity index (χ0v) is 17.6. The number of rotatable bonds is 4. The molecule has 5 rings (SSSR count). The molecule has 4 fully saturated rings. The molecule has 1 amide bonds. The minimum absolute atomic E-state index is 0.0747. The molecule has 4 bridgehead atoms. The average Bonchev–Trinajstić information content (AvgIpc) is 2.54. The highest BCUT2D eigenvalue weighted by Gasteiger charge is 2.62. The number of benzene rings is 1. The Balaban J connectivity index is 1.53. The maximum Gasteiger partial charge on any atom is 0.271 e. The number of nitro groups is 1. The number of hydrogen-bond acceptors (Lipinski definition) is 5. The van der Waals surface area contributed by atoms with E-state index in [-0.39, 0.29) is 43.6 Å². The molecule has 1 aromatic rings. The molecule has 2 unspecified atom stereocenters. The third-order valence-corrected chi connectivity index (χ3v) is 7.37. The quantitative estimate of drug-likeness (QED) is 0.400. The monoisotopic (exact) mass is 449 g/mol. The third-order valence-electron chi connectivity index (χ3n) is 6.77. The molecule has 28 heavy (non-hydrogen) atoms. The number of nitrogens with zero attached hydrogens (tertiary/aromatic N) is 2. The van der Waals surface area contributed by atoms with E-state index in [1.54, 1.807) is 0 Å². The molecule has 2 N–H and O–H groups in total. The number of amides is 1. The van der Waals surface area contributed by atoms with Gasteiger partial charge in [0.25, 0.3) is 5.69 Å². The molecule has 0 radical (unpaired) electrons. The Morgan fingerprint density at radius 2 is 1.93 bits per heavy atom. The lowest BCUT2D eigenvalue weighted by molar-refractivity contribution is -0.385. The van der Waals surface area contributed by atoms with Gasteiger partial charge in [0.1, 0.15) is 5.75 Å². The lowest BCUT2D eigenvalue weighted by Crippen LogP contribution is -2.59. The number of phenols is 1. The summed E-state index contributed by atoms with van der Waals surface area (Å²) in [6, 6.07) is 2.45. The minimum atomic E-state index is -0.545. The molecular weight excluding hydrogens is 426 g/mol. The average molecular weight is 450 g/mol. The molecule has 8 heteroatoms. The second-order valence-electron chi connectivity index (χ2n) is 9.73. The third kappa shape index (κ3) is 3.21. The van der Waals surface area contributed by atoms with Crippen molar-refractivity contribution in [2.45, 2.75) is 52.4 Å². The normalized spacial score (nSPS) is 36.0. The van der Waals surface area contributed by atoms with Gasteiger partial charge in [0, 0.05) is 17.7 Å². The first-order chi connectivity index (χ1) is 13.0. The second kappa shape index (κ2) is 6.27. The lowest BCUT2D eigenvalue weighted by Gasteiger charge is -2.64. The van der Waals surface area contributed by atoms with E-state index in [0.717, 1.165) is 19.3 Å². The standard InChI is InChI=1S/C20H24BrN3O4/c1-18-5-12-6-19(2,9-18)11-20(7-12,10-18)17(26)23-22-8-13-3-14(24(27)28)4-15(21)16(13)25/h3-4,8,12,25H,5-7,9-11H2,1-2H3,(H,23,26)/b22-8+. The smallest absolute Gasteiger partial charge is 0.271 e. The fourth-order valence-electron chi connectivity index (χ4n) is 6.79. The van der Waals surface area contributed by atoms with E-state index in [1.165, 1.54) is 37.6 Å². The van der Waals surface area contributed by atoms with Gasteiger partial charge in [-0.15, -0.1) is 0 Å². The number of hydrazone groups is 1. The molecule has 4 aliphatic carbocycles. The van der Waals surface area contributed by atoms with Crippen LogP contribution >= 0.6 is 15.9 Å². The summed E-state index contributed by atoms with van der Waals surface area (Å²) in [5.41, 5.74) is 2.71. The van der Waals surface area contributed by atoms with E-state index in [4.69, 9.17) is 0 Å². The second-order valence-corrected chi connectivity index (χ2v) is 10.6. The number of non-ortho nitro benzene ring substituents is 1. The van der Waals surface area contributed by atoms with Crippen molar-refractivity contribution in [2.24, 2.45) is 27.3 Å². The SMILES string of the molecule is CC12CC3CC(C)(C1)CC(C(=O)N/N=C/c1cc([N+](=O)[O-])cc(Br)c1O)(C3)C2. The number of halogens is 1. The zero-order valence-electron chi connectivity index (χ0n) is 16.0. The summed E-state index contributed by atoms with van der Waals surface area (Å²) in [5, 5.41) is 25.1. The molecular formula is C20H24BrN3O4. The first-order valence-corrected chi connectivity index (χ1v) is 10.3. The van der Waals surface area contributed by atoms with Crippen LogP contribution in [0.25, 0.3) is 0 Å². The number of aromatic hydroxyl groups is 1. The molecule has 7 nitrogen and oxygen atoms in total. The van der Waals surface area contributed by atoms with Gasteiger partial charge in [-0.1, -0.05) is 13.8 Å². The van der Waals surface area contributed by atoms with Crippen LogP contribution in [-0.4, -0.2) is 22.2 Å². The Morgan fingerprint density at radius 1 is 1.29 bits per heavy atom. The maximum absolute atomic E-state index is 13.1. The number of carbonyl (C=O) groups excluding carboxylic acids is 1. The van der Waals surface area contributed by atoms with Crippen molar-refractivity contribution < 1.29 is 14.8 Å². The molecule has 0 heterocycles. The predicted molar refractivity (Wildman–Crippen MR) is 108 cm³/mol.